The smallest absolute Gasteiger partial charge is 0.111 e. The molecular weight excluding hydrogens is 238 g/mol. The number of rotatable bonds is 5. The van der Waals surface area contributed by atoms with Gasteiger partial charge in [0.15, 0.2) is 0 Å². The maximum absolute atomic E-state index is 11.0. The Morgan fingerprint density at radius 3 is 3.29 bits per heavy atom. The number of nitrogens with one attached hydrogen (secondary N) is 1. The summed E-state index contributed by atoms with van der Waals surface area (Å²) in [4.78, 5) is 4.17. The van der Waals surface area contributed by atoms with Gasteiger partial charge in [-0.1, -0.05) is 0 Å². The number of hydrogen-bond donors (Lipinski definition) is 1. The van der Waals surface area contributed by atoms with E-state index in [4.69, 9.17) is 4.74 Å². The maximum atomic E-state index is 11.0. The first kappa shape index (κ1) is 12.7. The van der Waals surface area contributed by atoms with Gasteiger partial charge < -0.3 is 14.6 Å². The number of aromatic nitrogens is 2. The van der Waals surface area contributed by atoms with Crippen LogP contribution >= 0.6 is 0 Å². The minimum Gasteiger partial charge on any atom is -0.369 e. The van der Waals surface area contributed by atoms with E-state index < -0.39 is 10.8 Å². The van der Waals surface area contributed by atoms with Crippen LogP contribution in [0.5, 0.6) is 0 Å². The van der Waals surface area contributed by atoms with E-state index in [9.17, 15) is 4.21 Å². The summed E-state index contributed by atoms with van der Waals surface area (Å²) in [5.41, 5.74) is 1.11. The quantitative estimate of drug-likeness (QED) is 0.825. The van der Waals surface area contributed by atoms with Crippen LogP contribution < -0.4 is 5.32 Å². The standard InChI is InChI=1S/C11H19N3O2S/c1-17(15)6-2-4-14-9-13-7-10(14)11-8-12-3-5-16-11/h7,9,11-12H,2-6,8H2,1H3. The lowest BCUT2D eigenvalue weighted by Gasteiger charge is -2.24. The Morgan fingerprint density at radius 1 is 1.71 bits per heavy atom. The zero-order valence-electron chi connectivity index (χ0n) is 10.1. The molecule has 1 N–H and O–H groups in total. The molecule has 0 aromatic carbocycles. The summed E-state index contributed by atoms with van der Waals surface area (Å²) in [6, 6.07) is 0. The second-order valence-corrected chi connectivity index (χ2v) is 5.76. The number of hydrogen-bond acceptors (Lipinski definition) is 4. The van der Waals surface area contributed by atoms with E-state index in [2.05, 4.69) is 14.9 Å². The van der Waals surface area contributed by atoms with E-state index in [1.807, 2.05) is 12.5 Å². The van der Waals surface area contributed by atoms with Gasteiger partial charge in [0, 0.05) is 42.4 Å². The van der Waals surface area contributed by atoms with E-state index in [0.29, 0.717) is 0 Å². The molecule has 1 aromatic heterocycles. The minimum atomic E-state index is -0.716. The lowest BCUT2D eigenvalue weighted by Crippen LogP contribution is -2.34. The fourth-order valence-corrected chi connectivity index (χ4v) is 2.52. The maximum Gasteiger partial charge on any atom is 0.111 e. The van der Waals surface area contributed by atoms with Crippen molar-refractivity contribution in [2.45, 2.75) is 19.1 Å². The van der Waals surface area contributed by atoms with Crippen LogP contribution in [0.25, 0.3) is 0 Å². The monoisotopic (exact) mass is 257 g/mol. The third kappa shape index (κ3) is 3.62. The number of imidazole rings is 1. The molecule has 0 radical (unpaired) electrons. The van der Waals surface area contributed by atoms with Gasteiger partial charge in [-0.25, -0.2) is 4.98 Å². The lowest BCUT2D eigenvalue weighted by atomic mass is 10.2. The van der Waals surface area contributed by atoms with Gasteiger partial charge in [0.05, 0.1) is 24.8 Å². The molecule has 96 valence electrons. The number of nitrogens with zero attached hydrogens (tertiary/aromatic N) is 2. The highest BCUT2D eigenvalue weighted by molar-refractivity contribution is 7.84. The van der Waals surface area contributed by atoms with E-state index >= 15 is 0 Å². The molecule has 2 atom stereocenters. The molecule has 2 unspecified atom stereocenters. The fourth-order valence-electron chi connectivity index (χ4n) is 1.98. The van der Waals surface area contributed by atoms with E-state index in [-0.39, 0.29) is 6.10 Å². The fraction of sp³-hybridized carbons (Fsp3) is 0.727. The van der Waals surface area contributed by atoms with Gasteiger partial charge >= 0.3 is 0 Å². The summed E-state index contributed by atoms with van der Waals surface area (Å²) < 4.78 is 18.8. The highest BCUT2D eigenvalue weighted by Crippen LogP contribution is 2.18. The average molecular weight is 257 g/mol. The van der Waals surface area contributed by atoms with Crippen molar-refractivity contribution in [3.63, 3.8) is 0 Å². The van der Waals surface area contributed by atoms with Gasteiger partial charge in [0.25, 0.3) is 0 Å². The largest absolute Gasteiger partial charge is 0.369 e. The van der Waals surface area contributed by atoms with Crippen molar-refractivity contribution in [3.8, 4) is 0 Å². The minimum absolute atomic E-state index is 0.0957. The Labute approximate surface area is 104 Å². The van der Waals surface area contributed by atoms with Crippen LogP contribution in [0.15, 0.2) is 12.5 Å². The van der Waals surface area contributed by atoms with Gasteiger partial charge in [0.2, 0.25) is 0 Å². The molecule has 1 aromatic rings. The molecule has 1 saturated heterocycles. The molecule has 1 fully saturated rings. The Morgan fingerprint density at radius 2 is 2.59 bits per heavy atom. The van der Waals surface area contributed by atoms with Crippen molar-refractivity contribution in [3.05, 3.63) is 18.2 Å². The topological polar surface area (TPSA) is 56.2 Å². The molecule has 5 nitrogen and oxygen atoms in total. The van der Waals surface area contributed by atoms with Crippen molar-refractivity contribution < 1.29 is 8.95 Å². The van der Waals surface area contributed by atoms with E-state index in [1.165, 1.54) is 0 Å². The summed E-state index contributed by atoms with van der Waals surface area (Å²) >= 11 is 0. The highest BCUT2D eigenvalue weighted by atomic mass is 32.2. The number of ether oxygens (including phenoxy) is 1. The summed E-state index contributed by atoms with van der Waals surface area (Å²) in [5, 5.41) is 3.31. The molecule has 1 aliphatic rings. The molecule has 0 saturated carbocycles. The Bertz CT molecular complexity index is 375. The van der Waals surface area contributed by atoms with Crippen LogP contribution in [0.2, 0.25) is 0 Å². The second-order valence-electron chi connectivity index (χ2n) is 4.21. The lowest BCUT2D eigenvalue weighted by molar-refractivity contribution is 0.0227. The second kappa shape index (κ2) is 6.28. The summed E-state index contributed by atoms with van der Waals surface area (Å²) in [5.74, 6) is 0.737. The number of morpholine rings is 1. The van der Waals surface area contributed by atoms with Crippen molar-refractivity contribution in [2.24, 2.45) is 0 Å². The molecular formula is C11H19N3O2S. The molecule has 2 heterocycles. The molecule has 0 aliphatic carbocycles. The molecule has 1 aliphatic heterocycles. The van der Waals surface area contributed by atoms with Crippen LogP contribution in [0, 0.1) is 0 Å². The predicted molar refractivity (Wildman–Crippen MR) is 67.3 cm³/mol. The third-order valence-electron chi connectivity index (χ3n) is 2.83. The van der Waals surface area contributed by atoms with Crippen LogP contribution in [0.4, 0.5) is 0 Å². The molecule has 0 spiro atoms. The Balaban J connectivity index is 1.93. The number of aryl methyl sites for hydroxylation is 1. The first-order valence-corrected chi connectivity index (χ1v) is 7.62. The average Bonchev–Trinajstić information content (AvgIpc) is 2.78. The van der Waals surface area contributed by atoms with Crippen molar-refractivity contribution in [1.82, 2.24) is 14.9 Å². The van der Waals surface area contributed by atoms with Gasteiger partial charge in [0.1, 0.15) is 6.10 Å². The van der Waals surface area contributed by atoms with Crippen LogP contribution in [-0.2, 0) is 22.1 Å². The zero-order chi connectivity index (χ0) is 12.1. The van der Waals surface area contributed by atoms with Crippen LogP contribution in [0.1, 0.15) is 18.2 Å². The van der Waals surface area contributed by atoms with E-state index in [1.54, 1.807) is 6.26 Å². The Hall–Kier alpha value is -0.720. The normalized spacial score (nSPS) is 22.5. The third-order valence-corrected chi connectivity index (χ3v) is 3.70. The molecule has 0 bridgehead atoms. The molecule has 6 heteroatoms. The summed E-state index contributed by atoms with van der Waals surface area (Å²) in [7, 11) is -0.716. The predicted octanol–water partition coefficient (Wildman–Crippen LogP) is 0.313. The van der Waals surface area contributed by atoms with Gasteiger partial charge in [-0.3, -0.25) is 4.21 Å². The van der Waals surface area contributed by atoms with Crippen molar-refractivity contribution in [2.75, 3.05) is 31.7 Å². The van der Waals surface area contributed by atoms with Crippen molar-refractivity contribution in [1.29, 1.82) is 0 Å². The van der Waals surface area contributed by atoms with Crippen molar-refractivity contribution >= 4 is 10.8 Å². The SMILES string of the molecule is CS(=O)CCCn1cncc1C1CNCCO1. The first-order valence-electron chi connectivity index (χ1n) is 5.90. The molecule has 17 heavy (non-hydrogen) atoms. The molecule has 0 amide bonds. The Kier molecular flexibility index (Phi) is 4.70. The van der Waals surface area contributed by atoms with Gasteiger partial charge in [-0.15, -0.1) is 0 Å². The van der Waals surface area contributed by atoms with E-state index in [0.717, 1.165) is 44.1 Å². The first-order chi connectivity index (χ1) is 8.27. The molecule has 2 rings (SSSR count). The van der Waals surface area contributed by atoms with Gasteiger partial charge in [-0.05, 0) is 6.42 Å². The zero-order valence-corrected chi connectivity index (χ0v) is 10.9. The van der Waals surface area contributed by atoms with Gasteiger partial charge in [-0.2, -0.15) is 0 Å². The van der Waals surface area contributed by atoms with Crippen LogP contribution in [0.3, 0.4) is 0 Å². The highest BCUT2D eigenvalue weighted by Gasteiger charge is 2.19. The summed E-state index contributed by atoms with van der Waals surface area (Å²) in [6.45, 7) is 3.36. The summed E-state index contributed by atoms with van der Waals surface area (Å²) in [6.07, 6.45) is 6.43. The van der Waals surface area contributed by atoms with Crippen LogP contribution in [-0.4, -0.2) is 45.5 Å².